The number of rotatable bonds is 5. The Morgan fingerprint density at radius 2 is 1.81 bits per heavy atom. The number of thioether (sulfide) groups is 1. The average molecular weight is 394 g/mol. The zero-order chi connectivity index (χ0) is 18.6. The molecule has 134 valence electrons. The molecule has 0 aliphatic carbocycles. The van der Waals surface area contributed by atoms with E-state index in [1.54, 1.807) is 23.5 Å². The van der Waals surface area contributed by atoms with Gasteiger partial charge in [-0.2, -0.15) is 0 Å². The highest BCUT2D eigenvalue weighted by Crippen LogP contribution is 2.34. The maximum Gasteiger partial charge on any atom is 0.124 e. The molecule has 0 aliphatic rings. The molecule has 3 nitrogen and oxygen atoms in total. The van der Waals surface area contributed by atoms with Gasteiger partial charge in [0.1, 0.15) is 21.5 Å². The summed E-state index contributed by atoms with van der Waals surface area (Å²) in [4.78, 5) is 5.70. The van der Waals surface area contributed by atoms with Crippen molar-refractivity contribution in [1.29, 1.82) is 0 Å². The van der Waals surface area contributed by atoms with Gasteiger partial charge in [-0.25, -0.2) is 9.37 Å². The number of halogens is 1. The summed E-state index contributed by atoms with van der Waals surface area (Å²) < 4.78 is 13.3. The van der Waals surface area contributed by atoms with Crippen LogP contribution in [0.3, 0.4) is 0 Å². The fourth-order valence-corrected chi connectivity index (χ4v) is 4.43. The largest absolute Gasteiger partial charge is 0.241 e. The van der Waals surface area contributed by atoms with Crippen LogP contribution in [0.5, 0.6) is 0 Å². The molecule has 2 heterocycles. The molecule has 4 rings (SSSR count). The van der Waals surface area contributed by atoms with Gasteiger partial charge in [-0.15, -0.1) is 21.5 Å². The Balaban J connectivity index is 1.50. The predicted molar refractivity (Wildman–Crippen MR) is 109 cm³/mol. The first-order valence-corrected chi connectivity index (χ1v) is 10.2. The summed E-state index contributed by atoms with van der Waals surface area (Å²) in [7, 11) is 0. The average Bonchev–Trinajstić information content (AvgIpc) is 3.09. The zero-order valence-electron chi connectivity index (χ0n) is 14.6. The molecule has 0 unspecified atom stereocenters. The second-order valence-electron chi connectivity index (χ2n) is 5.97. The maximum absolute atomic E-state index is 13.3. The smallest absolute Gasteiger partial charge is 0.124 e. The third kappa shape index (κ3) is 4.23. The van der Waals surface area contributed by atoms with E-state index in [4.69, 9.17) is 0 Å². The monoisotopic (exact) mass is 393 g/mol. The second kappa shape index (κ2) is 7.98. The molecule has 0 saturated carbocycles. The van der Waals surface area contributed by atoms with E-state index in [0.29, 0.717) is 5.75 Å². The van der Waals surface area contributed by atoms with Gasteiger partial charge in [-0.05, 0) is 36.8 Å². The lowest BCUT2D eigenvalue weighted by Gasteiger charge is -2.02. The maximum atomic E-state index is 13.3. The SMILES string of the molecule is Cc1nc(-c2ccccc2)sc1-c1ccc(SCc2cccc(F)c2)nn1. The Bertz CT molecular complexity index is 1050. The first-order chi connectivity index (χ1) is 13.2. The van der Waals surface area contributed by atoms with Crippen molar-refractivity contribution in [3.8, 4) is 21.1 Å². The number of aryl methyl sites for hydroxylation is 1. The second-order valence-corrected chi connectivity index (χ2v) is 7.97. The highest BCUT2D eigenvalue weighted by atomic mass is 32.2. The first kappa shape index (κ1) is 17.8. The lowest BCUT2D eigenvalue weighted by atomic mass is 10.2. The number of hydrogen-bond donors (Lipinski definition) is 0. The number of nitrogens with zero attached hydrogens (tertiary/aromatic N) is 3. The molecule has 0 radical (unpaired) electrons. The van der Waals surface area contributed by atoms with E-state index in [2.05, 4.69) is 27.3 Å². The van der Waals surface area contributed by atoms with Crippen LogP contribution in [0.2, 0.25) is 0 Å². The van der Waals surface area contributed by atoms with E-state index in [0.717, 1.165) is 37.4 Å². The molecule has 0 bridgehead atoms. The van der Waals surface area contributed by atoms with Crippen LogP contribution >= 0.6 is 23.1 Å². The van der Waals surface area contributed by atoms with Gasteiger partial charge in [-0.1, -0.05) is 54.2 Å². The molecule has 0 N–H and O–H groups in total. The van der Waals surface area contributed by atoms with Crippen molar-refractivity contribution < 1.29 is 4.39 Å². The van der Waals surface area contributed by atoms with Gasteiger partial charge >= 0.3 is 0 Å². The van der Waals surface area contributed by atoms with Crippen LogP contribution in [0.25, 0.3) is 21.1 Å². The lowest BCUT2D eigenvalue weighted by molar-refractivity contribution is 0.626. The van der Waals surface area contributed by atoms with Gasteiger partial charge in [-0.3, -0.25) is 0 Å². The minimum Gasteiger partial charge on any atom is -0.241 e. The van der Waals surface area contributed by atoms with E-state index >= 15 is 0 Å². The summed E-state index contributed by atoms with van der Waals surface area (Å²) >= 11 is 3.16. The summed E-state index contributed by atoms with van der Waals surface area (Å²) in [5.41, 5.74) is 3.80. The highest BCUT2D eigenvalue weighted by molar-refractivity contribution is 7.98. The normalized spacial score (nSPS) is 10.9. The van der Waals surface area contributed by atoms with Crippen molar-refractivity contribution in [3.05, 3.63) is 83.8 Å². The van der Waals surface area contributed by atoms with Gasteiger partial charge in [0, 0.05) is 11.3 Å². The fraction of sp³-hybridized carbons (Fsp3) is 0.0952. The Morgan fingerprint density at radius 3 is 2.56 bits per heavy atom. The standard InChI is InChI=1S/C21H16FN3S2/c1-14-20(27-21(23-14)16-7-3-2-4-8-16)18-10-11-19(25-24-18)26-13-15-6-5-9-17(22)12-15/h2-12H,13H2,1H3. The molecular formula is C21H16FN3S2. The molecule has 0 fully saturated rings. The van der Waals surface area contributed by atoms with Gasteiger partial charge < -0.3 is 0 Å². The summed E-state index contributed by atoms with van der Waals surface area (Å²) in [6.07, 6.45) is 0. The van der Waals surface area contributed by atoms with Gasteiger partial charge in [0.15, 0.2) is 0 Å². The highest BCUT2D eigenvalue weighted by Gasteiger charge is 2.13. The number of thiazole rings is 1. The van der Waals surface area contributed by atoms with Crippen LogP contribution in [-0.4, -0.2) is 15.2 Å². The van der Waals surface area contributed by atoms with Crippen molar-refractivity contribution in [2.24, 2.45) is 0 Å². The molecule has 27 heavy (non-hydrogen) atoms. The van der Waals surface area contributed by atoms with Crippen molar-refractivity contribution in [2.75, 3.05) is 0 Å². The minimum absolute atomic E-state index is 0.218. The van der Waals surface area contributed by atoms with Crippen molar-refractivity contribution in [1.82, 2.24) is 15.2 Å². The Morgan fingerprint density at radius 1 is 0.963 bits per heavy atom. The van der Waals surface area contributed by atoms with Crippen molar-refractivity contribution in [2.45, 2.75) is 17.7 Å². The lowest BCUT2D eigenvalue weighted by Crippen LogP contribution is -1.90. The Hall–Kier alpha value is -2.57. The molecular weight excluding hydrogens is 377 g/mol. The summed E-state index contributed by atoms with van der Waals surface area (Å²) in [5, 5.41) is 10.5. The molecule has 4 aromatic rings. The first-order valence-electron chi connectivity index (χ1n) is 8.43. The molecule has 0 saturated heterocycles. The fourth-order valence-electron chi connectivity index (χ4n) is 2.64. The topological polar surface area (TPSA) is 38.7 Å². The van der Waals surface area contributed by atoms with E-state index < -0.39 is 0 Å². The van der Waals surface area contributed by atoms with Gasteiger partial charge in [0.25, 0.3) is 0 Å². The molecule has 2 aromatic heterocycles. The molecule has 0 aliphatic heterocycles. The van der Waals surface area contributed by atoms with Crippen LogP contribution in [0.4, 0.5) is 4.39 Å². The van der Waals surface area contributed by atoms with Gasteiger partial charge in [0.05, 0.1) is 10.6 Å². The third-order valence-electron chi connectivity index (χ3n) is 3.97. The van der Waals surface area contributed by atoms with Crippen molar-refractivity contribution >= 4 is 23.1 Å². The van der Waals surface area contributed by atoms with Crippen LogP contribution in [0.15, 0.2) is 71.8 Å². The van der Waals surface area contributed by atoms with Crippen molar-refractivity contribution in [3.63, 3.8) is 0 Å². The molecule has 6 heteroatoms. The molecule has 0 atom stereocenters. The van der Waals surface area contributed by atoms with Gasteiger partial charge in [0.2, 0.25) is 0 Å². The predicted octanol–water partition coefficient (Wildman–Crippen LogP) is 6.01. The molecule has 0 amide bonds. The molecule has 0 spiro atoms. The van der Waals surface area contributed by atoms with Crippen LogP contribution in [0.1, 0.15) is 11.3 Å². The molecule has 2 aromatic carbocycles. The van der Waals surface area contributed by atoms with E-state index in [9.17, 15) is 4.39 Å². The van der Waals surface area contributed by atoms with Crippen LogP contribution in [-0.2, 0) is 5.75 Å². The summed E-state index contributed by atoms with van der Waals surface area (Å²) in [5.74, 6) is 0.438. The quantitative estimate of drug-likeness (QED) is 0.389. The van der Waals surface area contributed by atoms with E-state index in [1.807, 2.05) is 43.3 Å². The van der Waals surface area contributed by atoms with Crippen LogP contribution < -0.4 is 0 Å². The summed E-state index contributed by atoms with van der Waals surface area (Å²) in [6.45, 7) is 1.99. The number of aromatic nitrogens is 3. The Labute approximate surface area is 165 Å². The van der Waals surface area contributed by atoms with E-state index in [-0.39, 0.29) is 5.82 Å². The number of hydrogen-bond acceptors (Lipinski definition) is 5. The summed E-state index contributed by atoms with van der Waals surface area (Å²) in [6, 6.07) is 20.7. The van der Waals surface area contributed by atoms with E-state index in [1.165, 1.54) is 17.8 Å². The Kier molecular flexibility index (Phi) is 5.27. The minimum atomic E-state index is -0.218. The number of benzene rings is 2. The third-order valence-corrected chi connectivity index (χ3v) is 6.19. The zero-order valence-corrected chi connectivity index (χ0v) is 16.2. The van der Waals surface area contributed by atoms with Crippen LogP contribution in [0, 0.1) is 12.7 Å².